The summed E-state index contributed by atoms with van der Waals surface area (Å²) in [6, 6.07) is 0.424. The summed E-state index contributed by atoms with van der Waals surface area (Å²) in [5.41, 5.74) is 0. The number of amides is 1. The van der Waals surface area contributed by atoms with Crippen molar-refractivity contribution in [2.24, 2.45) is 17.8 Å². The molecule has 17 heavy (non-hydrogen) atoms. The molecule has 0 aromatic carbocycles. The van der Waals surface area contributed by atoms with Crippen molar-refractivity contribution in [2.75, 3.05) is 19.6 Å². The van der Waals surface area contributed by atoms with Crippen LogP contribution in [0.5, 0.6) is 0 Å². The zero-order valence-electron chi connectivity index (χ0n) is 11.4. The van der Waals surface area contributed by atoms with Crippen LogP contribution in [0.15, 0.2) is 0 Å². The molecule has 1 amide bonds. The van der Waals surface area contributed by atoms with E-state index in [2.05, 4.69) is 31.0 Å². The van der Waals surface area contributed by atoms with Gasteiger partial charge in [0.1, 0.15) is 0 Å². The minimum absolute atomic E-state index is 0.379. The van der Waals surface area contributed by atoms with Gasteiger partial charge in [-0.3, -0.25) is 4.79 Å². The maximum absolute atomic E-state index is 12.4. The minimum atomic E-state index is 0.379. The van der Waals surface area contributed by atoms with E-state index < -0.39 is 0 Å². The summed E-state index contributed by atoms with van der Waals surface area (Å²) >= 11 is 0. The molecule has 0 spiro atoms. The zero-order valence-corrected chi connectivity index (χ0v) is 11.4. The number of carbonyl (C=O) groups is 1. The van der Waals surface area contributed by atoms with Crippen molar-refractivity contribution in [3.63, 3.8) is 0 Å². The Labute approximate surface area is 105 Å². The third-order valence-electron chi connectivity index (χ3n) is 4.54. The van der Waals surface area contributed by atoms with Crippen LogP contribution in [0.25, 0.3) is 0 Å². The summed E-state index contributed by atoms with van der Waals surface area (Å²) in [5.74, 6) is 2.25. The van der Waals surface area contributed by atoms with Crippen molar-refractivity contribution in [2.45, 2.75) is 46.1 Å². The quantitative estimate of drug-likeness (QED) is 0.796. The molecule has 2 saturated heterocycles. The van der Waals surface area contributed by atoms with Crippen LogP contribution in [0.2, 0.25) is 0 Å². The molecule has 1 N–H and O–H groups in total. The van der Waals surface area contributed by atoms with Crippen LogP contribution in [0, 0.1) is 17.8 Å². The van der Waals surface area contributed by atoms with Crippen molar-refractivity contribution in [1.82, 2.24) is 10.2 Å². The Bertz CT molecular complexity index is 273. The van der Waals surface area contributed by atoms with Crippen molar-refractivity contribution >= 4 is 5.91 Å². The average Bonchev–Trinajstić information content (AvgIpc) is 2.76. The van der Waals surface area contributed by atoms with Crippen molar-refractivity contribution in [3.05, 3.63) is 0 Å². The molecule has 3 nitrogen and oxygen atoms in total. The topological polar surface area (TPSA) is 32.3 Å². The molecule has 98 valence electrons. The molecule has 3 heteroatoms. The van der Waals surface area contributed by atoms with Gasteiger partial charge in [0.2, 0.25) is 5.91 Å². The molecule has 0 aliphatic carbocycles. The van der Waals surface area contributed by atoms with Gasteiger partial charge in [-0.05, 0) is 50.6 Å². The Hall–Kier alpha value is -0.570. The highest BCUT2D eigenvalue weighted by molar-refractivity contribution is 5.77. The Kier molecular flexibility index (Phi) is 4.08. The van der Waals surface area contributed by atoms with Gasteiger partial charge < -0.3 is 10.2 Å². The van der Waals surface area contributed by atoms with Gasteiger partial charge in [0, 0.05) is 19.0 Å². The smallest absolute Gasteiger partial charge is 0.223 e. The summed E-state index contributed by atoms with van der Waals surface area (Å²) in [7, 11) is 0. The minimum Gasteiger partial charge on any atom is -0.339 e. The van der Waals surface area contributed by atoms with Gasteiger partial charge in [0.05, 0.1) is 0 Å². The number of rotatable bonds is 2. The lowest BCUT2D eigenvalue weighted by molar-refractivity contribution is -0.138. The Morgan fingerprint density at radius 1 is 1.35 bits per heavy atom. The highest BCUT2D eigenvalue weighted by Crippen LogP contribution is 2.28. The molecule has 2 aliphatic heterocycles. The first-order valence-electron chi connectivity index (χ1n) is 7.08. The maximum atomic E-state index is 12.4. The Morgan fingerprint density at radius 2 is 2.12 bits per heavy atom. The van der Waals surface area contributed by atoms with Gasteiger partial charge in [0.15, 0.2) is 0 Å². The van der Waals surface area contributed by atoms with Crippen LogP contribution in [0.1, 0.15) is 40.0 Å². The largest absolute Gasteiger partial charge is 0.339 e. The van der Waals surface area contributed by atoms with Crippen LogP contribution in [-0.4, -0.2) is 36.5 Å². The monoisotopic (exact) mass is 238 g/mol. The van der Waals surface area contributed by atoms with Crippen molar-refractivity contribution in [1.29, 1.82) is 0 Å². The number of hydrogen-bond donors (Lipinski definition) is 1. The summed E-state index contributed by atoms with van der Waals surface area (Å²) in [4.78, 5) is 14.5. The molecular weight excluding hydrogens is 212 g/mol. The number of nitrogens with zero attached hydrogens (tertiary/aromatic N) is 1. The van der Waals surface area contributed by atoms with E-state index in [9.17, 15) is 4.79 Å². The lowest BCUT2D eigenvalue weighted by Crippen LogP contribution is -2.49. The van der Waals surface area contributed by atoms with Gasteiger partial charge in [0.25, 0.3) is 0 Å². The summed E-state index contributed by atoms with van der Waals surface area (Å²) in [5, 5.41) is 3.34. The van der Waals surface area contributed by atoms with E-state index in [1.54, 1.807) is 0 Å². The molecule has 0 aromatic heterocycles. The summed E-state index contributed by atoms with van der Waals surface area (Å²) < 4.78 is 0. The molecule has 0 saturated carbocycles. The van der Waals surface area contributed by atoms with Crippen LogP contribution < -0.4 is 5.32 Å². The molecule has 2 rings (SSSR count). The lowest BCUT2D eigenvalue weighted by atomic mass is 9.85. The lowest BCUT2D eigenvalue weighted by Gasteiger charge is -2.41. The number of piperidine rings is 1. The molecule has 2 fully saturated rings. The molecule has 4 atom stereocenters. The van der Waals surface area contributed by atoms with Gasteiger partial charge >= 0.3 is 0 Å². The summed E-state index contributed by atoms with van der Waals surface area (Å²) in [6.07, 6.45) is 3.17. The zero-order chi connectivity index (χ0) is 12.4. The third kappa shape index (κ3) is 3.01. The van der Waals surface area contributed by atoms with E-state index in [0.717, 1.165) is 26.1 Å². The van der Waals surface area contributed by atoms with Crippen LogP contribution in [0.4, 0.5) is 0 Å². The second kappa shape index (κ2) is 5.38. The predicted octanol–water partition coefficient (Wildman–Crippen LogP) is 1.88. The molecule has 0 aromatic rings. The van der Waals surface area contributed by atoms with E-state index in [4.69, 9.17) is 0 Å². The first kappa shape index (κ1) is 12.9. The second-order valence-corrected chi connectivity index (χ2v) is 6.17. The fourth-order valence-electron chi connectivity index (χ4n) is 3.30. The van der Waals surface area contributed by atoms with E-state index >= 15 is 0 Å². The van der Waals surface area contributed by atoms with Crippen LogP contribution in [-0.2, 0) is 4.79 Å². The Balaban J connectivity index is 1.92. The number of carbonyl (C=O) groups excluding carboxylic acids is 1. The van der Waals surface area contributed by atoms with E-state index in [1.165, 1.54) is 12.8 Å². The normalized spacial score (nSPS) is 38.4. The molecule has 4 unspecified atom stereocenters. The molecule has 0 radical (unpaired) electrons. The first-order chi connectivity index (χ1) is 8.08. The maximum Gasteiger partial charge on any atom is 0.223 e. The number of nitrogens with one attached hydrogen (secondary N) is 1. The summed E-state index contributed by atoms with van der Waals surface area (Å²) in [6.45, 7) is 9.82. The van der Waals surface area contributed by atoms with Crippen molar-refractivity contribution in [3.8, 4) is 0 Å². The van der Waals surface area contributed by atoms with E-state index in [1.807, 2.05) is 0 Å². The van der Waals surface area contributed by atoms with Gasteiger partial charge in [-0.2, -0.15) is 0 Å². The van der Waals surface area contributed by atoms with Gasteiger partial charge in [-0.1, -0.05) is 13.8 Å². The van der Waals surface area contributed by atoms with Crippen molar-refractivity contribution < 1.29 is 4.79 Å². The number of hydrogen-bond acceptors (Lipinski definition) is 2. The van der Waals surface area contributed by atoms with Crippen LogP contribution in [0.3, 0.4) is 0 Å². The molecule has 2 heterocycles. The predicted molar refractivity (Wildman–Crippen MR) is 69.7 cm³/mol. The first-order valence-corrected chi connectivity index (χ1v) is 7.08. The van der Waals surface area contributed by atoms with Gasteiger partial charge in [-0.25, -0.2) is 0 Å². The fourth-order valence-corrected chi connectivity index (χ4v) is 3.30. The number of likely N-dealkylation sites (tertiary alicyclic amines) is 1. The highest BCUT2D eigenvalue weighted by Gasteiger charge is 2.32. The molecular formula is C14H26N2O. The molecule has 2 aliphatic rings. The Morgan fingerprint density at radius 3 is 2.76 bits per heavy atom. The SMILES string of the molecule is CC1CC(C)C(C)N(C(=O)CC2CCNC2)C1. The van der Waals surface area contributed by atoms with Gasteiger partial charge in [-0.15, -0.1) is 0 Å². The molecule has 0 bridgehead atoms. The highest BCUT2D eigenvalue weighted by atomic mass is 16.2. The standard InChI is InChI=1S/C14H26N2O/c1-10-6-11(2)12(3)16(9-10)14(17)7-13-4-5-15-8-13/h10-13,15H,4-9H2,1-3H3. The fraction of sp³-hybridized carbons (Fsp3) is 0.929. The third-order valence-corrected chi connectivity index (χ3v) is 4.54. The average molecular weight is 238 g/mol. The second-order valence-electron chi connectivity index (χ2n) is 6.17. The van der Waals surface area contributed by atoms with E-state index in [-0.39, 0.29) is 0 Å². The van der Waals surface area contributed by atoms with Crippen LogP contribution >= 0.6 is 0 Å². The van der Waals surface area contributed by atoms with E-state index in [0.29, 0.717) is 29.7 Å².